The van der Waals surface area contributed by atoms with Crippen LogP contribution < -0.4 is 60.6 Å². The summed E-state index contributed by atoms with van der Waals surface area (Å²) in [7, 11) is 3.86. The summed E-state index contributed by atoms with van der Waals surface area (Å²) >= 11 is 1.25. The Morgan fingerprint density at radius 3 is 2.11 bits per heavy atom. The van der Waals surface area contributed by atoms with Crippen LogP contribution in [0.5, 0.6) is 0 Å². The van der Waals surface area contributed by atoms with Gasteiger partial charge in [-0.1, -0.05) is 6.92 Å². The third-order valence-corrected chi connectivity index (χ3v) is 16.3. The lowest BCUT2D eigenvalue weighted by atomic mass is 9.96. The van der Waals surface area contributed by atoms with Crippen molar-refractivity contribution in [1.29, 1.82) is 0 Å². The number of carbonyl (C=O) groups is 8. The van der Waals surface area contributed by atoms with E-state index in [4.69, 9.17) is 52.4 Å². The summed E-state index contributed by atoms with van der Waals surface area (Å²) in [5, 5.41) is 106. The van der Waals surface area contributed by atoms with Crippen molar-refractivity contribution in [3.63, 3.8) is 0 Å². The molecule has 19 atom stereocenters. The van der Waals surface area contributed by atoms with Crippen LogP contribution in [0.25, 0.3) is 11.5 Å². The Hall–Kier alpha value is -8.11. The van der Waals surface area contributed by atoms with E-state index < -0.39 is 183 Å². The lowest BCUT2D eigenvalue weighted by Crippen LogP contribution is -2.65. The fourth-order valence-corrected chi connectivity index (χ4v) is 10.7. The monoisotopic (exact) mass is 1380 g/mol. The van der Waals surface area contributed by atoms with Crippen LogP contribution in [0.3, 0.4) is 0 Å². The highest BCUT2D eigenvalue weighted by atomic mass is 32.1. The van der Waals surface area contributed by atoms with Gasteiger partial charge in [0.15, 0.2) is 24.5 Å². The fraction of sp³-hybridized carbons (Fsp3) is 0.618. The molecule has 6 heterocycles. The second-order valence-electron chi connectivity index (χ2n) is 23.0. The number of hydrogen-bond acceptors (Lipinski definition) is 31. The molecule has 96 heavy (non-hydrogen) atoms. The average Bonchev–Trinajstić information content (AvgIpc) is 1.02. The summed E-state index contributed by atoms with van der Waals surface area (Å²) in [5.74, 6) is -8.44. The Kier molecular flexibility index (Phi) is 28.2. The molecule has 0 aromatic carbocycles. The smallest absolute Gasteiger partial charge is 0.404 e. The van der Waals surface area contributed by atoms with E-state index in [1.54, 1.807) is 5.38 Å². The molecule has 0 bridgehead atoms. The van der Waals surface area contributed by atoms with Crippen LogP contribution >= 0.6 is 11.3 Å². The molecule has 2 saturated heterocycles. The molecule has 532 valence electrons. The molecule has 6 rings (SSSR count). The predicted molar refractivity (Wildman–Crippen MR) is 330 cm³/mol. The van der Waals surface area contributed by atoms with Crippen molar-refractivity contribution in [2.45, 2.75) is 157 Å². The van der Waals surface area contributed by atoms with Gasteiger partial charge in [-0.15, -0.1) is 11.3 Å². The number of thiazole rings is 1. The van der Waals surface area contributed by atoms with Gasteiger partial charge < -0.3 is 140 Å². The van der Waals surface area contributed by atoms with E-state index in [1.165, 1.54) is 45.2 Å². The van der Waals surface area contributed by atoms with Gasteiger partial charge in [-0.2, -0.15) is 0 Å². The number of amides is 8. The van der Waals surface area contributed by atoms with Crippen molar-refractivity contribution >= 4 is 64.6 Å². The first-order chi connectivity index (χ1) is 45.3. The van der Waals surface area contributed by atoms with Crippen molar-refractivity contribution in [2.75, 3.05) is 59.2 Å². The highest BCUT2D eigenvalue weighted by Gasteiger charge is 2.54. The molecule has 2 aliphatic rings. The predicted octanol–water partition coefficient (Wildman–Crippen LogP) is -8.75. The molecule has 8 amide bonds. The molecule has 0 radical (unpaired) electrons. The number of carbonyl (C=O) groups excluding carboxylic acids is 8. The number of anilines is 1. The first kappa shape index (κ1) is 76.9. The number of rotatable bonds is 35. The van der Waals surface area contributed by atoms with E-state index in [9.17, 15) is 74.4 Å². The second-order valence-corrected chi connectivity index (χ2v) is 24.0. The molecular formula is C55H85N19O21S. The lowest BCUT2D eigenvalue weighted by Gasteiger charge is -2.47. The summed E-state index contributed by atoms with van der Waals surface area (Å²) in [4.78, 5) is 135. The summed E-state index contributed by atoms with van der Waals surface area (Å²) in [6, 6.07) is -7.88. The van der Waals surface area contributed by atoms with Crippen molar-refractivity contribution in [2.24, 2.45) is 28.9 Å². The normalized spacial score (nSPS) is 24.0. The van der Waals surface area contributed by atoms with Crippen LogP contribution in [0.2, 0.25) is 0 Å². The number of aromatic amines is 2. The number of primary amides is 3. The Morgan fingerprint density at radius 2 is 1.49 bits per heavy atom. The summed E-state index contributed by atoms with van der Waals surface area (Å²) in [5.41, 5.74) is 27.9. The Labute approximate surface area is 551 Å². The number of imidazole rings is 2. The molecule has 0 aliphatic carbocycles. The number of ether oxygens (including phenoxy) is 5. The topological polar surface area (TPSA) is 646 Å². The number of aromatic nitrogens is 7. The molecule has 2 fully saturated rings. The maximum atomic E-state index is 15.2. The minimum Gasteiger partial charge on any atom is -0.441 e. The molecule has 4 aromatic heterocycles. The number of hydrogen-bond donors (Lipinski definition) is 21. The summed E-state index contributed by atoms with van der Waals surface area (Å²) in [6.07, 6.45) is -23.0. The number of nitrogen functional groups attached to an aromatic ring is 1. The molecule has 0 saturated carbocycles. The number of nitrogens with one attached hydrogen (secondary N) is 8. The Bertz CT molecular complexity index is 3270. The van der Waals surface area contributed by atoms with Crippen molar-refractivity contribution < 1.29 is 103 Å². The van der Waals surface area contributed by atoms with Gasteiger partial charge in [0.1, 0.15) is 89.6 Å². The van der Waals surface area contributed by atoms with Gasteiger partial charge >= 0.3 is 6.09 Å². The third kappa shape index (κ3) is 20.2. The van der Waals surface area contributed by atoms with Crippen molar-refractivity contribution in [3.05, 3.63) is 57.6 Å². The van der Waals surface area contributed by atoms with Gasteiger partial charge in [0.05, 0.1) is 72.7 Å². The van der Waals surface area contributed by atoms with Gasteiger partial charge in [0.25, 0.3) is 11.8 Å². The van der Waals surface area contributed by atoms with Crippen molar-refractivity contribution in [3.8, 4) is 11.5 Å². The maximum absolute atomic E-state index is 15.2. The Morgan fingerprint density at radius 1 is 0.802 bits per heavy atom. The highest BCUT2D eigenvalue weighted by Crippen LogP contribution is 2.35. The van der Waals surface area contributed by atoms with Gasteiger partial charge in [0, 0.05) is 49.6 Å². The van der Waals surface area contributed by atoms with E-state index in [1.807, 2.05) is 19.0 Å². The SMILES string of the molecule is Cc1c(N)nc(C(CC(N)=O)NCC(N)C(N)=O)nc1C(=O)NC(C(=O)NC(C)C(O)C(C)C(=O)NC(C(=O)NCCc1nc(-c2ncc(C(=O)NCCCN(C)C)[nH]2)cs1)C(C)O)C(OC1OC(CO)C(O)C(O)C1OC1OC(CO)C(O)C(OC(N)=O)C1O)c1c[nH]cn1. The molecule has 26 N–H and O–H groups in total. The Balaban J connectivity index is 1.26. The van der Waals surface area contributed by atoms with Crippen LogP contribution in [-0.2, 0) is 54.1 Å². The minimum atomic E-state index is -2.20. The molecule has 40 nitrogen and oxygen atoms in total. The molecular weight excluding hydrogens is 1290 g/mol. The first-order valence-corrected chi connectivity index (χ1v) is 30.9. The standard InChI is InChI=1S/C55H85N19O21S/c1-20-33(70-47(73-44(20)58)25(12-31(57)78)64-13-24(56)45(59)84)51(88)72-35(41(26-14-61-19-66-26)93-54-43(39(82)37(80)29(16-75)92-54)94-53-40(83)42(95-55(60)90)38(81)30(17-76)91-53)52(89)67-22(3)36(79)21(2)48(85)71-34(23(4)77)50(87)63-10-8-32-68-28(18-96-32)46-65-15-27(69-46)49(86)62-9-7-11-74(5)6/h14-15,18-19,21-25,29-30,34-43,53-54,64,75-77,79-83H,7-13,16-17,56H2,1-6H3,(H2,57,78)(H2,59,84)(H2,60,90)(H,61,66)(H,62,86)(H,63,87)(H,65,69)(H,67,89)(H,71,85)(H,72,88)(H2,58,70,73). The molecule has 0 spiro atoms. The van der Waals surface area contributed by atoms with Crippen LogP contribution in [0.4, 0.5) is 10.6 Å². The van der Waals surface area contributed by atoms with Crippen LogP contribution in [0.15, 0.2) is 24.1 Å². The van der Waals surface area contributed by atoms with Gasteiger partial charge in [-0.3, -0.25) is 33.6 Å². The zero-order valence-electron chi connectivity index (χ0n) is 53.0. The largest absolute Gasteiger partial charge is 0.441 e. The molecule has 19 unspecified atom stereocenters. The highest BCUT2D eigenvalue weighted by molar-refractivity contribution is 7.09. The quantitative estimate of drug-likeness (QED) is 0.0190. The number of aliphatic hydroxyl groups is 8. The van der Waals surface area contributed by atoms with E-state index in [-0.39, 0.29) is 54.0 Å². The van der Waals surface area contributed by atoms with E-state index >= 15 is 4.79 Å². The molecule has 41 heteroatoms. The maximum Gasteiger partial charge on any atom is 0.404 e. The molecule has 2 aliphatic heterocycles. The zero-order valence-corrected chi connectivity index (χ0v) is 53.8. The van der Waals surface area contributed by atoms with Gasteiger partial charge in [-0.25, -0.2) is 29.7 Å². The van der Waals surface area contributed by atoms with Crippen LogP contribution in [0, 0.1) is 12.8 Å². The number of nitrogens with zero attached hydrogens (tertiary/aromatic N) is 6. The van der Waals surface area contributed by atoms with E-state index in [0.29, 0.717) is 23.1 Å². The van der Waals surface area contributed by atoms with E-state index in [0.717, 1.165) is 25.5 Å². The van der Waals surface area contributed by atoms with Crippen molar-refractivity contribution in [1.82, 2.24) is 71.7 Å². The average molecular weight is 1380 g/mol. The van der Waals surface area contributed by atoms with E-state index in [2.05, 4.69) is 66.8 Å². The van der Waals surface area contributed by atoms with Gasteiger partial charge in [-0.05, 0) is 47.8 Å². The number of aliphatic hydroxyl groups excluding tert-OH is 8. The van der Waals surface area contributed by atoms with Gasteiger partial charge in [0.2, 0.25) is 29.5 Å². The number of H-pyrrole nitrogens is 2. The van der Waals surface area contributed by atoms with Crippen LogP contribution in [0.1, 0.15) is 88.8 Å². The second kappa shape index (κ2) is 35.2. The zero-order chi connectivity index (χ0) is 71.0. The lowest BCUT2D eigenvalue weighted by molar-refractivity contribution is -0.372. The third-order valence-electron chi connectivity index (χ3n) is 15.4. The fourth-order valence-electron chi connectivity index (χ4n) is 9.91. The minimum absolute atomic E-state index is 0.0228. The van der Waals surface area contributed by atoms with Crippen LogP contribution in [-0.4, -0.2) is 279 Å². The first-order valence-electron chi connectivity index (χ1n) is 30.0. The summed E-state index contributed by atoms with van der Waals surface area (Å²) < 4.78 is 28.7. The summed E-state index contributed by atoms with van der Waals surface area (Å²) in [6.45, 7) is 3.86. The number of nitrogens with two attached hydrogens (primary N) is 5. The molecule has 4 aromatic rings.